The molecule has 1 N–H and O–H groups in total. The Kier molecular flexibility index (Phi) is 6.13. The van der Waals surface area contributed by atoms with E-state index in [-0.39, 0.29) is 11.6 Å². The van der Waals surface area contributed by atoms with Gasteiger partial charge in [-0.25, -0.2) is 4.79 Å². The fourth-order valence-corrected chi connectivity index (χ4v) is 2.82. The SMILES string of the molecule is COC(=O)c1ccc(NC(=O)[C@@H](C)Sc2ccc([N+](=O)[O-])cc2)cc1. The Morgan fingerprint density at radius 3 is 2.24 bits per heavy atom. The lowest BCUT2D eigenvalue weighted by atomic mass is 10.2. The number of rotatable bonds is 6. The maximum atomic E-state index is 12.2. The van der Waals surface area contributed by atoms with Gasteiger partial charge in [-0.1, -0.05) is 0 Å². The topological polar surface area (TPSA) is 98.5 Å². The van der Waals surface area contributed by atoms with Crippen LogP contribution in [-0.4, -0.2) is 29.2 Å². The van der Waals surface area contributed by atoms with Crippen molar-refractivity contribution in [3.63, 3.8) is 0 Å². The normalized spacial score (nSPS) is 11.4. The number of methoxy groups -OCH3 is 1. The van der Waals surface area contributed by atoms with E-state index in [9.17, 15) is 19.7 Å². The zero-order chi connectivity index (χ0) is 18.4. The highest BCUT2D eigenvalue weighted by atomic mass is 32.2. The van der Waals surface area contributed by atoms with Gasteiger partial charge in [0.25, 0.3) is 5.69 Å². The van der Waals surface area contributed by atoms with Crippen molar-refractivity contribution in [2.45, 2.75) is 17.1 Å². The Bertz CT molecular complexity index is 775. The molecule has 0 spiro atoms. The number of thioether (sulfide) groups is 1. The molecule has 0 bridgehead atoms. The molecular formula is C17H16N2O5S. The lowest BCUT2D eigenvalue weighted by Crippen LogP contribution is -2.22. The van der Waals surface area contributed by atoms with Gasteiger partial charge in [-0.2, -0.15) is 0 Å². The Labute approximate surface area is 148 Å². The molecule has 0 aliphatic carbocycles. The van der Waals surface area contributed by atoms with Crippen LogP contribution in [0.1, 0.15) is 17.3 Å². The molecule has 7 nitrogen and oxygen atoms in total. The van der Waals surface area contributed by atoms with Crippen molar-refractivity contribution in [3.8, 4) is 0 Å². The van der Waals surface area contributed by atoms with E-state index in [0.717, 1.165) is 4.90 Å². The minimum Gasteiger partial charge on any atom is -0.465 e. The van der Waals surface area contributed by atoms with Gasteiger partial charge in [0, 0.05) is 22.7 Å². The highest BCUT2D eigenvalue weighted by Gasteiger charge is 2.16. The molecule has 1 atom stereocenters. The first kappa shape index (κ1) is 18.5. The first-order valence-corrected chi connectivity index (χ1v) is 8.19. The Hall–Kier alpha value is -2.87. The molecular weight excluding hydrogens is 344 g/mol. The van der Waals surface area contributed by atoms with Crippen molar-refractivity contribution < 1.29 is 19.2 Å². The fourth-order valence-electron chi connectivity index (χ4n) is 1.96. The second-order valence-corrected chi connectivity index (χ2v) is 6.48. The average molecular weight is 360 g/mol. The van der Waals surface area contributed by atoms with E-state index in [1.165, 1.54) is 31.0 Å². The minimum absolute atomic E-state index is 0.00662. The Morgan fingerprint density at radius 2 is 1.72 bits per heavy atom. The van der Waals surface area contributed by atoms with E-state index in [0.29, 0.717) is 11.3 Å². The number of ether oxygens (including phenoxy) is 1. The van der Waals surface area contributed by atoms with Crippen LogP contribution in [-0.2, 0) is 9.53 Å². The number of nitrogens with one attached hydrogen (secondary N) is 1. The van der Waals surface area contributed by atoms with Crippen LogP contribution < -0.4 is 5.32 Å². The second-order valence-electron chi connectivity index (χ2n) is 5.07. The van der Waals surface area contributed by atoms with Crippen molar-refractivity contribution in [1.82, 2.24) is 0 Å². The summed E-state index contributed by atoms with van der Waals surface area (Å²) < 4.78 is 4.61. The molecule has 0 saturated carbocycles. The summed E-state index contributed by atoms with van der Waals surface area (Å²) in [6, 6.07) is 12.4. The third-order valence-corrected chi connectivity index (χ3v) is 4.42. The smallest absolute Gasteiger partial charge is 0.337 e. The zero-order valence-electron chi connectivity index (χ0n) is 13.6. The highest BCUT2D eigenvalue weighted by Crippen LogP contribution is 2.26. The molecule has 2 aromatic rings. The number of amides is 1. The Morgan fingerprint density at radius 1 is 1.12 bits per heavy atom. The van der Waals surface area contributed by atoms with Gasteiger partial charge in [0.05, 0.1) is 22.8 Å². The number of hydrogen-bond donors (Lipinski definition) is 1. The number of anilines is 1. The number of carbonyl (C=O) groups excluding carboxylic acids is 2. The molecule has 2 rings (SSSR count). The van der Waals surface area contributed by atoms with Crippen LogP contribution in [0, 0.1) is 10.1 Å². The van der Waals surface area contributed by atoms with Gasteiger partial charge >= 0.3 is 5.97 Å². The number of carbonyl (C=O) groups is 2. The van der Waals surface area contributed by atoms with Gasteiger partial charge in [-0.3, -0.25) is 14.9 Å². The maximum Gasteiger partial charge on any atom is 0.337 e. The van der Waals surface area contributed by atoms with Crippen LogP contribution in [0.5, 0.6) is 0 Å². The number of nitrogens with zero attached hydrogens (tertiary/aromatic N) is 1. The van der Waals surface area contributed by atoms with E-state index in [2.05, 4.69) is 10.1 Å². The quantitative estimate of drug-likeness (QED) is 0.366. The number of nitro benzene ring substituents is 1. The molecule has 0 unspecified atom stereocenters. The molecule has 0 aromatic heterocycles. The van der Waals surface area contributed by atoms with E-state index in [1.54, 1.807) is 43.3 Å². The first-order chi connectivity index (χ1) is 11.9. The Balaban J connectivity index is 1.95. The van der Waals surface area contributed by atoms with Crippen molar-refractivity contribution in [2.24, 2.45) is 0 Å². The van der Waals surface area contributed by atoms with E-state index in [4.69, 9.17) is 0 Å². The fraction of sp³-hybridized carbons (Fsp3) is 0.176. The zero-order valence-corrected chi connectivity index (χ0v) is 14.4. The van der Waals surface area contributed by atoms with E-state index in [1.807, 2.05) is 0 Å². The number of nitro groups is 1. The van der Waals surface area contributed by atoms with Crippen LogP contribution in [0.3, 0.4) is 0 Å². The molecule has 0 heterocycles. The van der Waals surface area contributed by atoms with E-state index < -0.39 is 16.1 Å². The molecule has 130 valence electrons. The van der Waals surface area contributed by atoms with Crippen LogP contribution >= 0.6 is 11.8 Å². The molecule has 0 saturated heterocycles. The standard InChI is InChI=1S/C17H16N2O5S/c1-11(25-15-9-7-14(8-10-15)19(22)23)16(20)18-13-5-3-12(4-6-13)17(21)24-2/h3-11H,1-2H3,(H,18,20)/t11-/m1/s1. The first-order valence-electron chi connectivity index (χ1n) is 7.31. The average Bonchev–Trinajstić information content (AvgIpc) is 2.62. The van der Waals surface area contributed by atoms with Crippen LogP contribution in [0.15, 0.2) is 53.4 Å². The minimum atomic E-state index is -0.470. The lowest BCUT2D eigenvalue weighted by Gasteiger charge is -2.12. The van der Waals surface area contributed by atoms with Gasteiger partial charge in [-0.15, -0.1) is 11.8 Å². The summed E-state index contributed by atoms with van der Waals surface area (Å²) in [5, 5.41) is 13.0. The monoisotopic (exact) mass is 360 g/mol. The van der Waals surface area contributed by atoms with Crippen molar-refractivity contribution in [2.75, 3.05) is 12.4 Å². The molecule has 0 fully saturated rings. The predicted octanol–water partition coefficient (Wildman–Crippen LogP) is 3.50. The predicted molar refractivity (Wildman–Crippen MR) is 94.8 cm³/mol. The lowest BCUT2D eigenvalue weighted by molar-refractivity contribution is -0.384. The number of non-ortho nitro benzene ring substituents is 1. The third-order valence-electron chi connectivity index (χ3n) is 3.30. The van der Waals surface area contributed by atoms with Crippen molar-refractivity contribution in [1.29, 1.82) is 0 Å². The summed E-state index contributed by atoms with van der Waals surface area (Å²) in [4.78, 5) is 34.5. The van der Waals surface area contributed by atoms with Crippen molar-refractivity contribution >= 4 is 35.0 Å². The molecule has 2 aromatic carbocycles. The maximum absolute atomic E-state index is 12.2. The molecule has 0 aliphatic rings. The molecule has 0 radical (unpaired) electrons. The molecule has 25 heavy (non-hydrogen) atoms. The molecule has 0 aliphatic heterocycles. The summed E-state index contributed by atoms with van der Waals surface area (Å²) in [5.74, 6) is -0.658. The molecule has 1 amide bonds. The number of benzene rings is 2. The molecule has 8 heteroatoms. The largest absolute Gasteiger partial charge is 0.465 e. The summed E-state index contributed by atoms with van der Waals surface area (Å²) in [6.45, 7) is 1.74. The summed E-state index contributed by atoms with van der Waals surface area (Å²) >= 11 is 1.29. The van der Waals surface area contributed by atoms with Gasteiger partial charge in [0.1, 0.15) is 0 Å². The second kappa shape index (κ2) is 8.29. The number of hydrogen-bond acceptors (Lipinski definition) is 6. The van der Waals surface area contributed by atoms with Gasteiger partial charge in [-0.05, 0) is 43.3 Å². The van der Waals surface area contributed by atoms with Crippen LogP contribution in [0.2, 0.25) is 0 Å². The van der Waals surface area contributed by atoms with Crippen LogP contribution in [0.4, 0.5) is 11.4 Å². The van der Waals surface area contributed by atoms with Gasteiger partial charge in [0.15, 0.2) is 0 Å². The van der Waals surface area contributed by atoms with Crippen molar-refractivity contribution in [3.05, 3.63) is 64.2 Å². The van der Waals surface area contributed by atoms with Crippen LogP contribution in [0.25, 0.3) is 0 Å². The van der Waals surface area contributed by atoms with E-state index >= 15 is 0 Å². The summed E-state index contributed by atoms with van der Waals surface area (Å²) in [6.07, 6.45) is 0. The van der Waals surface area contributed by atoms with Gasteiger partial charge < -0.3 is 10.1 Å². The summed E-state index contributed by atoms with van der Waals surface area (Å²) in [5.41, 5.74) is 0.967. The summed E-state index contributed by atoms with van der Waals surface area (Å²) in [7, 11) is 1.30. The van der Waals surface area contributed by atoms with Gasteiger partial charge in [0.2, 0.25) is 5.91 Å². The number of esters is 1. The highest BCUT2D eigenvalue weighted by molar-refractivity contribution is 8.00. The third kappa shape index (κ3) is 5.05.